The van der Waals surface area contributed by atoms with E-state index in [0.29, 0.717) is 5.71 Å². The van der Waals surface area contributed by atoms with Crippen LogP contribution in [0, 0.1) is 5.41 Å². The van der Waals surface area contributed by atoms with Crippen LogP contribution in [-0.4, -0.2) is 5.71 Å². The molecule has 0 aromatic carbocycles. The van der Waals surface area contributed by atoms with Crippen molar-refractivity contribution >= 4 is 5.71 Å². The lowest BCUT2D eigenvalue weighted by atomic mass is 10.0. The summed E-state index contributed by atoms with van der Waals surface area (Å²) in [6, 6.07) is 0. The normalized spacial score (nSPS) is 11.7. The molecule has 0 aromatic heterocycles. The Bertz CT molecular complexity index is 295. The van der Waals surface area contributed by atoms with Gasteiger partial charge in [-0.15, -0.1) is 0 Å². The molecule has 0 radical (unpaired) electrons. The average molecular weight is 231 g/mol. The summed E-state index contributed by atoms with van der Waals surface area (Å²) < 4.78 is 0. The number of unbranched alkanes of at least 4 members (excludes halogenated alkanes) is 3. The molecule has 94 valence electrons. The number of hydrogen-bond acceptors (Lipinski definition) is 1. The second-order valence-electron chi connectivity index (χ2n) is 4.12. The fourth-order valence-electron chi connectivity index (χ4n) is 1.57. The van der Waals surface area contributed by atoms with Crippen molar-refractivity contribution in [3.63, 3.8) is 0 Å². The Labute approximate surface area is 106 Å². The standard InChI is InChI=1S/C16H25N/c1-4-7-12-15(5-2)13-10-8-9-11-14-16(17)6-3/h4-7,12,17H,2-3,8-11,13-14H2,1H3/b7-4+,15-12+,17-16?. The lowest BCUT2D eigenvalue weighted by Crippen LogP contribution is -1.90. The summed E-state index contributed by atoms with van der Waals surface area (Å²) in [5.74, 6) is 0. The molecular formula is C16H25N. The number of nitrogens with one attached hydrogen (secondary N) is 1. The molecule has 0 heterocycles. The van der Waals surface area contributed by atoms with Crippen LogP contribution in [0.1, 0.15) is 45.4 Å². The summed E-state index contributed by atoms with van der Waals surface area (Å²) >= 11 is 0. The van der Waals surface area contributed by atoms with Crippen LogP contribution in [0.2, 0.25) is 0 Å². The van der Waals surface area contributed by atoms with Crippen molar-refractivity contribution in [3.8, 4) is 0 Å². The number of hydrogen-bond donors (Lipinski definition) is 1. The zero-order chi connectivity index (χ0) is 12.9. The van der Waals surface area contributed by atoms with Crippen LogP contribution < -0.4 is 0 Å². The molecular weight excluding hydrogens is 206 g/mol. The molecule has 0 aliphatic carbocycles. The second kappa shape index (κ2) is 11.1. The zero-order valence-electron chi connectivity index (χ0n) is 11.0. The van der Waals surface area contributed by atoms with E-state index in [4.69, 9.17) is 5.41 Å². The first-order valence-corrected chi connectivity index (χ1v) is 6.38. The Hall–Kier alpha value is -1.37. The van der Waals surface area contributed by atoms with Crippen molar-refractivity contribution in [2.45, 2.75) is 45.4 Å². The third-order valence-electron chi connectivity index (χ3n) is 2.67. The van der Waals surface area contributed by atoms with Crippen molar-refractivity contribution in [2.75, 3.05) is 0 Å². The predicted molar refractivity (Wildman–Crippen MR) is 78.7 cm³/mol. The van der Waals surface area contributed by atoms with E-state index in [9.17, 15) is 0 Å². The van der Waals surface area contributed by atoms with Crippen molar-refractivity contribution in [1.29, 1.82) is 5.41 Å². The molecule has 0 unspecified atom stereocenters. The maximum absolute atomic E-state index is 7.44. The van der Waals surface area contributed by atoms with E-state index in [1.165, 1.54) is 24.8 Å². The predicted octanol–water partition coefficient (Wildman–Crippen LogP) is 5.22. The highest BCUT2D eigenvalue weighted by molar-refractivity contribution is 5.91. The van der Waals surface area contributed by atoms with Gasteiger partial charge in [-0.3, -0.25) is 0 Å². The van der Waals surface area contributed by atoms with Gasteiger partial charge in [-0.05, 0) is 44.3 Å². The molecule has 0 aliphatic heterocycles. The van der Waals surface area contributed by atoms with Crippen molar-refractivity contribution in [3.05, 3.63) is 49.1 Å². The van der Waals surface area contributed by atoms with E-state index >= 15 is 0 Å². The Morgan fingerprint density at radius 3 is 2.18 bits per heavy atom. The fraction of sp³-hybridized carbons (Fsp3) is 0.438. The summed E-state index contributed by atoms with van der Waals surface area (Å²) in [6.07, 6.45) is 16.5. The van der Waals surface area contributed by atoms with Gasteiger partial charge in [0.1, 0.15) is 0 Å². The van der Waals surface area contributed by atoms with Crippen molar-refractivity contribution < 1.29 is 0 Å². The van der Waals surface area contributed by atoms with Gasteiger partial charge < -0.3 is 5.41 Å². The fourth-order valence-corrected chi connectivity index (χ4v) is 1.57. The smallest absolute Gasteiger partial charge is 0.0308 e. The van der Waals surface area contributed by atoms with Gasteiger partial charge in [0.2, 0.25) is 0 Å². The first-order valence-electron chi connectivity index (χ1n) is 6.38. The molecule has 0 bridgehead atoms. The monoisotopic (exact) mass is 231 g/mol. The minimum atomic E-state index is 0.657. The lowest BCUT2D eigenvalue weighted by molar-refractivity contribution is 0.654. The Kier molecular flexibility index (Phi) is 10.2. The van der Waals surface area contributed by atoms with Crippen LogP contribution in [0.25, 0.3) is 0 Å². The van der Waals surface area contributed by atoms with E-state index in [0.717, 1.165) is 19.3 Å². The minimum absolute atomic E-state index is 0.657. The van der Waals surface area contributed by atoms with E-state index in [1.54, 1.807) is 6.08 Å². The molecule has 0 aliphatic rings. The van der Waals surface area contributed by atoms with E-state index < -0.39 is 0 Å². The molecule has 0 saturated carbocycles. The molecule has 0 atom stereocenters. The number of rotatable bonds is 10. The molecule has 17 heavy (non-hydrogen) atoms. The third-order valence-corrected chi connectivity index (χ3v) is 2.67. The van der Waals surface area contributed by atoms with Crippen molar-refractivity contribution in [2.24, 2.45) is 0 Å². The Morgan fingerprint density at radius 2 is 1.65 bits per heavy atom. The lowest BCUT2D eigenvalue weighted by Gasteiger charge is -2.02. The van der Waals surface area contributed by atoms with Crippen LogP contribution >= 0.6 is 0 Å². The highest BCUT2D eigenvalue weighted by Crippen LogP contribution is 2.12. The Morgan fingerprint density at radius 1 is 1.00 bits per heavy atom. The molecule has 0 aromatic rings. The second-order valence-corrected chi connectivity index (χ2v) is 4.12. The molecule has 0 spiro atoms. The third kappa shape index (κ3) is 9.55. The highest BCUT2D eigenvalue weighted by atomic mass is 14.4. The van der Waals surface area contributed by atoms with Crippen LogP contribution in [0.4, 0.5) is 0 Å². The van der Waals surface area contributed by atoms with Gasteiger partial charge in [-0.2, -0.15) is 0 Å². The quantitative estimate of drug-likeness (QED) is 0.303. The minimum Gasteiger partial charge on any atom is -0.305 e. The molecule has 1 heteroatoms. The molecule has 0 saturated heterocycles. The molecule has 1 nitrogen and oxygen atoms in total. The summed E-state index contributed by atoms with van der Waals surface area (Å²) in [4.78, 5) is 0. The van der Waals surface area contributed by atoms with Gasteiger partial charge in [0, 0.05) is 5.71 Å². The maximum Gasteiger partial charge on any atom is 0.0308 e. The van der Waals surface area contributed by atoms with Crippen LogP contribution in [0.5, 0.6) is 0 Å². The maximum atomic E-state index is 7.44. The van der Waals surface area contributed by atoms with Gasteiger partial charge in [0.25, 0.3) is 0 Å². The van der Waals surface area contributed by atoms with Gasteiger partial charge in [0.05, 0.1) is 0 Å². The molecule has 0 amide bonds. The first-order chi connectivity index (χ1) is 8.24. The molecule has 0 rings (SSSR count). The SMILES string of the molecule is C=CC(=N)CCCCCC/C(C=C)=C/C=C/C. The average Bonchev–Trinajstić information content (AvgIpc) is 2.36. The topological polar surface area (TPSA) is 23.9 Å². The summed E-state index contributed by atoms with van der Waals surface area (Å²) in [5, 5.41) is 7.44. The van der Waals surface area contributed by atoms with Crippen LogP contribution in [-0.2, 0) is 0 Å². The van der Waals surface area contributed by atoms with Gasteiger partial charge in [0.15, 0.2) is 0 Å². The van der Waals surface area contributed by atoms with E-state index in [1.807, 2.05) is 19.1 Å². The van der Waals surface area contributed by atoms with Gasteiger partial charge >= 0.3 is 0 Å². The summed E-state index contributed by atoms with van der Waals surface area (Å²) in [6.45, 7) is 9.43. The van der Waals surface area contributed by atoms with Gasteiger partial charge in [-0.1, -0.05) is 50.3 Å². The van der Waals surface area contributed by atoms with Crippen LogP contribution in [0.15, 0.2) is 49.1 Å². The Balaban J connectivity index is 3.59. The number of allylic oxidation sites excluding steroid dienone is 6. The van der Waals surface area contributed by atoms with E-state index in [2.05, 4.69) is 25.3 Å². The molecule has 1 N–H and O–H groups in total. The van der Waals surface area contributed by atoms with Gasteiger partial charge in [-0.25, -0.2) is 0 Å². The summed E-state index contributed by atoms with van der Waals surface area (Å²) in [7, 11) is 0. The van der Waals surface area contributed by atoms with E-state index in [-0.39, 0.29) is 0 Å². The van der Waals surface area contributed by atoms with Crippen molar-refractivity contribution in [1.82, 2.24) is 0 Å². The first kappa shape index (κ1) is 15.6. The zero-order valence-corrected chi connectivity index (χ0v) is 11.0. The highest BCUT2D eigenvalue weighted by Gasteiger charge is 1.94. The summed E-state index contributed by atoms with van der Waals surface area (Å²) in [5.41, 5.74) is 1.96. The van der Waals surface area contributed by atoms with Crippen LogP contribution in [0.3, 0.4) is 0 Å². The largest absolute Gasteiger partial charge is 0.305 e. The molecule has 0 fully saturated rings.